The van der Waals surface area contributed by atoms with Gasteiger partial charge in [-0.15, -0.1) is 0 Å². The molecular formula is C17H16O10. The SMILES string of the molecule is COC(=O)CC1(C(=O)OC)Oc2c(c(C(C)=O)c3c(c2C(C)=O)OCO3)O1. The zero-order valence-corrected chi connectivity index (χ0v) is 15.0. The van der Waals surface area contributed by atoms with Gasteiger partial charge in [-0.3, -0.25) is 14.4 Å². The van der Waals surface area contributed by atoms with Gasteiger partial charge in [-0.05, 0) is 13.8 Å². The molecule has 2 aliphatic heterocycles. The molecule has 27 heavy (non-hydrogen) atoms. The quantitative estimate of drug-likeness (QED) is 0.540. The van der Waals surface area contributed by atoms with Crippen LogP contribution in [-0.4, -0.2) is 50.3 Å². The van der Waals surface area contributed by atoms with E-state index in [0.29, 0.717) is 0 Å². The second-order valence-corrected chi connectivity index (χ2v) is 5.79. The molecule has 10 nitrogen and oxygen atoms in total. The summed E-state index contributed by atoms with van der Waals surface area (Å²) < 4.78 is 31.2. The lowest BCUT2D eigenvalue weighted by molar-refractivity contribution is -0.187. The van der Waals surface area contributed by atoms with Gasteiger partial charge in [0.05, 0.1) is 14.2 Å². The zero-order chi connectivity index (χ0) is 19.9. The predicted molar refractivity (Wildman–Crippen MR) is 85.2 cm³/mol. The van der Waals surface area contributed by atoms with Crippen molar-refractivity contribution >= 4 is 23.5 Å². The maximum atomic E-state index is 12.4. The van der Waals surface area contributed by atoms with Crippen molar-refractivity contribution in [3.63, 3.8) is 0 Å². The van der Waals surface area contributed by atoms with E-state index in [4.69, 9.17) is 18.9 Å². The Balaban J connectivity index is 2.25. The summed E-state index contributed by atoms with van der Waals surface area (Å²) in [5.74, 6) is -5.48. The maximum absolute atomic E-state index is 12.4. The molecule has 0 radical (unpaired) electrons. The fraction of sp³-hybridized carbons (Fsp3) is 0.412. The number of ether oxygens (including phenoxy) is 6. The van der Waals surface area contributed by atoms with Crippen molar-refractivity contribution in [2.24, 2.45) is 0 Å². The first-order chi connectivity index (χ1) is 12.8. The molecule has 144 valence electrons. The lowest BCUT2D eigenvalue weighted by Crippen LogP contribution is -2.49. The summed E-state index contributed by atoms with van der Waals surface area (Å²) in [7, 11) is 2.19. The number of benzene rings is 1. The zero-order valence-electron chi connectivity index (χ0n) is 15.0. The molecule has 2 heterocycles. The van der Waals surface area contributed by atoms with E-state index in [0.717, 1.165) is 14.2 Å². The first-order valence-electron chi connectivity index (χ1n) is 7.80. The average Bonchev–Trinajstić information content (AvgIpc) is 3.22. The lowest BCUT2D eigenvalue weighted by atomic mass is 10.0. The largest absolute Gasteiger partial charge is 0.469 e. The van der Waals surface area contributed by atoms with Crippen molar-refractivity contribution in [3.05, 3.63) is 11.1 Å². The number of Topliss-reactive ketones (excluding diaryl/α,β-unsaturated/α-hetero) is 2. The fourth-order valence-electron chi connectivity index (χ4n) is 2.91. The minimum absolute atomic E-state index is 0.00813. The summed E-state index contributed by atoms with van der Waals surface area (Å²) in [6.45, 7) is 2.28. The summed E-state index contributed by atoms with van der Waals surface area (Å²) in [5, 5.41) is 0. The molecule has 1 aromatic carbocycles. The van der Waals surface area contributed by atoms with E-state index in [9.17, 15) is 19.2 Å². The van der Waals surface area contributed by atoms with Crippen molar-refractivity contribution in [1.82, 2.24) is 0 Å². The van der Waals surface area contributed by atoms with Crippen molar-refractivity contribution < 1.29 is 47.6 Å². The Morgan fingerprint density at radius 3 is 1.70 bits per heavy atom. The van der Waals surface area contributed by atoms with Crippen LogP contribution in [-0.2, 0) is 19.1 Å². The highest BCUT2D eigenvalue weighted by atomic mass is 16.8. The van der Waals surface area contributed by atoms with Crippen LogP contribution in [0.15, 0.2) is 0 Å². The van der Waals surface area contributed by atoms with Crippen LogP contribution < -0.4 is 18.9 Å². The Kier molecular flexibility index (Phi) is 4.42. The van der Waals surface area contributed by atoms with Crippen LogP contribution >= 0.6 is 0 Å². The number of esters is 2. The molecule has 10 heteroatoms. The second kappa shape index (κ2) is 6.45. The highest BCUT2D eigenvalue weighted by Crippen LogP contribution is 2.56. The van der Waals surface area contributed by atoms with Gasteiger partial charge >= 0.3 is 17.7 Å². The number of carbonyl (C=O) groups excluding carboxylic acids is 4. The normalized spacial score (nSPS) is 15.3. The summed E-state index contributed by atoms with van der Waals surface area (Å²) >= 11 is 0. The van der Waals surface area contributed by atoms with Gasteiger partial charge < -0.3 is 28.4 Å². The molecule has 0 fully saturated rings. The monoisotopic (exact) mass is 380 g/mol. The van der Waals surface area contributed by atoms with Crippen LogP contribution in [0.25, 0.3) is 0 Å². The van der Waals surface area contributed by atoms with Crippen molar-refractivity contribution in [3.8, 4) is 23.0 Å². The second-order valence-electron chi connectivity index (χ2n) is 5.79. The van der Waals surface area contributed by atoms with E-state index in [2.05, 4.69) is 9.47 Å². The molecule has 0 aliphatic carbocycles. The molecule has 0 bridgehead atoms. The predicted octanol–water partition coefficient (Wildman–Crippen LogP) is 1.02. The first-order valence-corrected chi connectivity index (χ1v) is 7.80. The molecule has 0 atom stereocenters. The van der Waals surface area contributed by atoms with E-state index in [1.165, 1.54) is 13.8 Å². The van der Waals surface area contributed by atoms with E-state index < -0.39 is 35.7 Å². The third-order valence-corrected chi connectivity index (χ3v) is 4.07. The molecule has 2 aliphatic rings. The van der Waals surface area contributed by atoms with Crippen LogP contribution in [0.2, 0.25) is 0 Å². The molecular weight excluding hydrogens is 364 g/mol. The number of methoxy groups -OCH3 is 2. The molecule has 0 N–H and O–H groups in total. The number of carbonyl (C=O) groups is 4. The highest BCUT2D eigenvalue weighted by Gasteiger charge is 2.56. The number of fused-ring (bicyclic) bond motifs is 2. The van der Waals surface area contributed by atoms with Gasteiger partial charge in [-0.1, -0.05) is 0 Å². The van der Waals surface area contributed by atoms with Crippen molar-refractivity contribution in [1.29, 1.82) is 0 Å². The Labute approximate surface area is 153 Å². The number of ketones is 2. The van der Waals surface area contributed by atoms with Crippen LogP contribution in [0.4, 0.5) is 0 Å². The molecule has 0 aromatic heterocycles. The Morgan fingerprint density at radius 2 is 1.33 bits per heavy atom. The third-order valence-electron chi connectivity index (χ3n) is 4.07. The summed E-state index contributed by atoms with van der Waals surface area (Å²) in [6, 6.07) is 0. The van der Waals surface area contributed by atoms with Crippen LogP contribution in [0.5, 0.6) is 23.0 Å². The van der Waals surface area contributed by atoms with E-state index in [1.807, 2.05) is 0 Å². The molecule has 0 saturated carbocycles. The van der Waals surface area contributed by atoms with Gasteiger partial charge in [0.15, 0.2) is 34.6 Å². The third kappa shape index (κ3) is 2.73. The Morgan fingerprint density at radius 1 is 0.852 bits per heavy atom. The van der Waals surface area contributed by atoms with E-state index in [1.54, 1.807) is 0 Å². The summed E-state index contributed by atoms with van der Waals surface area (Å²) in [4.78, 5) is 48.6. The van der Waals surface area contributed by atoms with Crippen molar-refractivity contribution in [2.45, 2.75) is 26.1 Å². The average molecular weight is 380 g/mol. The molecule has 0 spiro atoms. The fourth-order valence-corrected chi connectivity index (χ4v) is 2.91. The van der Waals surface area contributed by atoms with E-state index in [-0.39, 0.29) is 40.9 Å². The number of hydrogen-bond donors (Lipinski definition) is 0. The molecule has 0 amide bonds. The van der Waals surface area contributed by atoms with Gasteiger partial charge in [0.1, 0.15) is 17.5 Å². The van der Waals surface area contributed by atoms with Gasteiger partial charge in [-0.25, -0.2) is 4.79 Å². The highest BCUT2D eigenvalue weighted by molar-refractivity contribution is 6.09. The molecule has 0 saturated heterocycles. The molecule has 3 rings (SSSR count). The summed E-state index contributed by atoms with van der Waals surface area (Å²) in [6.07, 6.45) is -0.675. The summed E-state index contributed by atoms with van der Waals surface area (Å²) in [5.41, 5.74) is -0.142. The van der Waals surface area contributed by atoms with Crippen molar-refractivity contribution in [2.75, 3.05) is 21.0 Å². The van der Waals surface area contributed by atoms with Gasteiger partial charge in [0.25, 0.3) is 0 Å². The molecule has 1 aromatic rings. The van der Waals surface area contributed by atoms with Gasteiger partial charge in [0, 0.05) is 0 Å². The lowest BCUT2D eigenvalue weighted by Gasteiger charge is -2.23. The minimum Gasteiger partial charge on any atom is -0.469 e. The van der Waals surface area contributed by atoms with E-state index >= 15 is 0 Å². The first kappa shape index (κ1) is 18.5. The van der Waals surface area contributed by atoms with Crippen LogP contribution in [0, 0.1) is 0 Å². The topological polar surface area (TPSA) is 124 Å². The van der Waals surface area contributed by atoms with Gasteiger partial charge in [-0.2, -0.15) is 0 Å². The molecule has 0 unspecified atom stereocenters. The smallest absolute Gasteiger partial charge is 0.393 e. The van der Waals surface area contributed by atoms with Crippen LogP contribution in [0.1, 0.15) is 41.0 Å². The number of rotatable bonds is 5. The standard InChI is InChI=1S/C17H16O10/c1-7(18)10-12-13(25-6-24-12)11(8(2)19)15-14(10)26-17(27-15,16(21)23-4)5-9(20)22-3/h5-6H2,1-4H3. The maximum Gasteiger partial charge on any atom is 0.393 e. The van der Waals surface area contributed by atoms with Crippen LogP contribution in [0.3, 0.4) is 0 Å². The van der Waals surface area contributed by atoms with Gasteiger partial charge in [0.2, 0.25) is 6.79 Å². The minimum atomic E-state index is -2.26. The Hall–Kier alpha value is -3.30. The number of hydrogen-bond acceptors (Lipinski definition) is 10. The Bertz CT molecular complexity index is 818.